The van der Waals surface area contributed by atoms with Gasteiger partial charge in [-0.3, -0.25) is 5.32 Å². The summed E-state index contributed by atoms with van der Waals surface area (Å²) in [7, 11) is 0. The van der Waals surface area contributed by atoms with Crippen LogP contribution in [0, 0.1) is 11.6 Å². The molecule has 17 heavy (non-hydrogen) atoms. The first-order chi connectivity index (χ1) is 8.15. The molecule has 5 nitrogen and oxygen atoms in total. The van der Waals surface area contributed by atoms with E-state index < -0.39 is 17.7 Å². The third-order valence-electron chi connectivity index (χ3n) is 1.76. The third kappa shape index (κ3) is 2.94. The van der Waals surface area contributed by atoms with Crippen molar-refractivity contribution in [2.75, 3.05) is 10.6 Å². The average Bonchev–Trinajstić information content (AvgIpc) is 2.75. The van der Waals surface area contributed by atoms with Gasteiger partial charge >= 0.3 is 6.03 Å². The van der Waals surface area contributed by atoms with Crippen LogP contribution in [0.2, 0.25) is 0 Å². The lowest BCUT2D eigenvalue weighted by Gasteiger charge is -2.05. The topological polar surface area (TPSA) is 66.9 Å². The van der Waals surface area contributed by atoms with Gasteiger partial charge < -0.3 is 5.32 Å². The van der Waals surface area contributed by atoms with Crippen molar-refractivity contribution in [2.24, 2.45) is 0 Å². The SMILES string of the molecule is O=C(Nc1nncs1)Nc1ccc(F)cc1F. The van der Waals surface area contributed by atoms with Gasteiger partial charge in [0, 0.05) is 6.07 Å². The molecule has 88 valence electrons. The molecule has 0 saturated carbocycles. The van der Waals surface area contributed by atoms with Crippen LogP contribution in [0.1, 0.15) is 0 Å². The minimum absolute atomic E-state index is 0.117. The van der Waals surface area contributed by atoms with Crippen LogP contribution in [-0.2, 0) is 0 Å². The van der Waals surface area contributed by atoms with E-state index in [0.29, 0.717) is 6.07 Å². The van der Waals surface area contributed by atoms with Crippen molar-refractivity contribution < 1.29 is 13.6 Å². The van der Waals surface area contributed by atoms with Crippen molar-refractivity contribution in [3.05, 3.63) is 35.3 Å². The summed E-state index contributed by atoms with van der Waals surface area (Å²) >= 11 is 1.12. The summed E-state index contributed by atoms with van der Waals surface area (Å²) in [5, 5.41) is 11.9. The minimum atomic E-state index is -0.850. The van der Waals surface area contributed by atoms with Gasteiger partial charge in [-0.25, -0.2) is 13.6 Å². The second-order valence-corrected chi connectivity index (χ2v) is 3.78. The third-order valence-corrected chi connectivity index (χ3v) is 2.37. The lowest BCUT2D eigenvalue weighted by atomic mass is 10.3. The second-order valence-electron chi connectivity index (χ2n) is 2.95. The van der Waals surface area contributed by atoms with E-state index in [4.69, 9.17) is 0 Å². The molecule has 1 aromatic carbocycles. The van der Waals surface area contributed by atoms with E-state index in [1.165, 1.54) is 5.51 Å². The van der Waals surface area contributed by atoms with Crippen molar-refractivity contribution in [2.45, 2.75) is 0 Å². The smallest absolute Gasteiger partial charge is 0.305 e. The molecule has 0 aliphatic rings. The van der Waals surface area contributed by atoms with Gasteiger partial charge in [-0.15, -0.1) is 10.2 Å². The number of urea groups is 1. The molecule has 2 rings (SSSR count). The highest BCUT2D eigenvalue weighted by Crippen LogP contribution is 2.15. The van der Waals surface area contributed by atoms with Gasteiger partial charge in [-0.05, 0) is 12.1 Å². The van der Waals surface area contributed by atoms with E-state index in [-0.39, 0.29) is 10.8 Å². The van der Waals surface area contributed by atoms with E-state index >= 15 is 0 Å². The Morgan fingerprint density at radius 1 is 1.29 bits per heavy atom. The van der Waals surface area contributed by atoms with Crippen LogP contribution in [0.25, 0.3) is 0 Å². The zero-order chi connectivity index (χ0) is 12.3. The van der Waals surface area contributed by atoms with Gasteiger partial charge in [0.05, 0.1) is 5.69 Å². The fourth-order valence-corrected chi connectivity index (χ4v) is 1.51. The van der Waals surface area contributed by atoms with Crippen LogP contribution < -0.4 is 10.6 Å². The normalized spacial score (nSPS) is 10.0. The van der Waals surface area contributed by atoms with Crippen molar-refractivity contribution in [1.82, 2.24) is 10.2 Å². The van der Waals surface area contributed by atoms with Crippen molar-refractivity contribution in [1.29, 1.82) is 0 Å². The lowest BCUT2D eigenvalue weighted by Crippen LogP contribution is -2.20. The number of halogens is 2. The molecule has 0 unspecified atom stereocenters. The Labute approximate surface area is 98.5 Å². The molecular weight excluding hydrogens is 250 g/mol. The van der Waals surface area contributed by atoms with Crippen LogP contribution >= 0.6 is 11.3 Å². The first-order valence-electron chi connectivity index (χ1n) is 4.44. The highest BCUT2D eigenvalue weighted by Gasteiger charge is 2.08. The molecule has 0 atom stereocenters. The van der Waals surface area contributed by atoms with E-state index in [0.717, 1.165) is 23.5 Å². The summed E-state index contributed by atoms with van der Waals surface area (Å²) in [6, 6.07) is 2.18. The van der Waals surface area contributed by atoms with Gasteiger partial charge in [0.2, 0.25) is 5.13 Å². The maximum atomic E-state index is 13.2. The molecule has 8 heteroatoms. The Hall–Kier alpha value is -2.09. The van der Waals surface area contributed by atoms with Crippen LogP contribution in [0.3, 0.4) is 0 Å². The molecule has 1 heterocycles. The van der Waals surface area contributed by atoms with Crippen LogP contribution in [0.4, 0.5) is 24.4 Å². The average molecular weight is 256 g/mol. The number of anilines is 2. The number of hydrogen-bond donors (Lipinski definition) is 2. The molecule has 0 radical (unpaired) electrons. The second kappa shape index (κ2) is 4.83. The lowest BCUT2D eigenvalue weighted by molar-refractivity contribution is 0.262. The maximum absolute atomic E-state index is 13.2. The monoisotopic (exact) mass is 256 g/mol. The zero-order valence-corrected chi connectivity index (χ0v) is 9.09. The van der Waals surface area contributed by atoms with Gasteiger partial charge in [0.25, 0.3) is 0 Å². The van der Waals surface area contributed by atoms with Crippen molar-refractivity contribution in [3.63, 3.8) is 0 Å². The molecule has 2 aromatic rings. The zero-order valence-electron chi connectivity index (χ0n) is 8.28. The van der Waals surface area contributed by atoms with Crippen LogP contribution in [0.15, 0.2) is 23.7 Å². The van der Waals surface area contributed by atoms with E-state index in [9.17, 15) is 13.6 Å². The first kappa shape index (κ1) is 11.4. The largest absolute Gasteiger partial charge is 0.325 e. The molecule has 2 N–H and O–H groups in total. The summed E-state index contributed by atoms with van der Waals surface area (Å²) in [6.07, 6.45) is 0. The highest BCUT2D eigenvalue weighted by atomic mass is 32.1. The van der Waals surface area contributed by atoms with Gasteiger partial charge in [0.1, 0.15) is 17.1 Å². The Balaban J connectivity index is 2.03. The fraction of sp³-hybridized carbons (Fsp3) is 0. The number of aromatic nitrogens is 2. The standard InChI is InChI=1S/C9H6F2N4OS/c10-5-1-2-7(6(11)3-5)13-8(16)14-9-15-12-4-17-9/h1-4H,(H2,13,14,15,16). The number of carbonyl (C=O) groups excluding carboxylic acids is 1. The molecule has 0 aliphatic carbocycles. The van der Waals surface area contributed by atoms with E-state index in [2.05, 4.69) is 20.8 Å². The number of benzene rings is 1. The Kier molecular flexibility index (Phi) is 3.24. The summed E-state index contributed by atoms with van der Waals surface area (Å²) in [4.78, 5) is 11.4. The summed E-state index contributed by atoms with van der Waals surface area (Å²) < 4.78 is 25.8. The number of amides is 2. The van der Waals surface area contributed by atoms with Gasteiger partial charge in [-0.2, -0.15) is 0 Å². The molecule has 0 saturated heterocycles. The van der Waals surface area contributed by atoms with E-state index in [1.807, 2.05) is 0 Å². The minimum Gasteiger partial charge on any atom is -0.305 e. The van der Waals surface area contributed by atoms with E-state index in [1.54, 1.807) is 0 Å². The maximum Gasteiger partial charge on any atom is 0.325 e. The molecule has 0 fully saturated rings. The van der Waals surface area contributed by atoms with Crippen LogP contribution in [0.5, 0.6) is 0 Å². The molecule has 0 aliphatic heterocycles. The number of hydrogen-bond acceptors (Lipinski definition) is 4. The molecular formula is C9H6F2N4OS. The number of nitrogens with one attached hydrogen (secondary N) is 2. The van der Waals surface area contributed by atoms with Gasteiger partial charge in [0.15, 0.2) is 0 Å². The molecule has 2 amide bonds. The number of nitrogens with zero attached hydrogens (tertiary/aromatic N) is 2. The molecule has 1 aromatic heterocycles. The first-order valence-corrected chi connectivity index (χ1v) is 5.32. The number of rotatable bonds is 2. The summed E-state index contributed by atoms with van der Waals surface area (Å²) in [5.74, 6) is -1.56. The molecule has 0 bridgehead atoms. The highest BCUT2D eigenvalue weighted by molar-refractivity contribution is 7.13. The Bertz CT molecular complexity index is 532. The Morgan fingerprint density at radius 2 is 2.12 bits per heavy atom. The molecule has 0 spiro atoms. The summed E-state index contributed by atoms with van der Waals surface area (Å²) in [6.45, 7) is 0. The predicted octanol–water partition coefficient (Wildman–Crippen LogP) is 2.46. The fourth-order valence-electron chi connectivity index (χ4n) is 1.07. The number of carbonyl (C=O) groups is 1. The van der Waals surface area contributed by atoms with Crippen LogP contribution in [-0.4, -0.2) is 16.2 Å². The quantitative estimate of drug-likeness (QED) is 0.867. The van der Waals surface area contributed by atoms with Crippen molar-refractivity contribution in [3.8, 4) is 0 Å². The predicted molar refractivity (Wildman–Crippen MR) is 58.9 cm³/mol. The Morgan fingerprint density at radius 3 is 2.76 bits per heavy atom. The van der Waals surface area contributed by atoms with Crippen molar-refractivity contribution >= 4 is 28.2 Å². The summed E-state index contributed by atoms with van der Waals surface area (Å²) in [5.41, 5.74) is 1.32. The van der Waals surface area contributed by atoms with Gasteiger partial charge in [-0.1, -0.05) is 11.3 Å².